The highest BCUT2D eigenvalue weighted by Crippen LogP contribution is 2.25. The van der Waals surface area contributed by atoms with E-state index in [1.165, 1.54) is 0 Å². The molecule has 2 N–H and O–H groups in total. The van der Waals surface area contributed by atoms with Crippen molar-refractivity contribution in [3.05, 3.63) is 23.8 Å². The van der Waals surface area contributed by atoms with E-state index in [0.717, 1.165) is 4.90 Å². The molecular weight excluding hydrogens is 210 g/mol. The Labute approximate surface area is 94.0 Å². The predicted octanol–water partition coefficient (Wildman–Crippen LogP) is 1.95. The Hall–Kier alpha value is -1.00. The van der Waals surface area contributed by atoms with Gasteiger partial charge in [0, 0.05) is 4.90 Å². The van der Waals surface area contributed by atoms with Gasteiger partial charge in [0.25, 0.3) is 0 Å². The van der Waals surface area contributed by atoms with Crippen LogP contribution >= 0.6 is 11.8 Å². The molecule has 0 saturated heterocycles. The van der Waals surface area contributed by atoms with Crippen molar-refractivity contribution in [2.45, 2.75) is 17.9 Å². The molecule has 1 rings (SSSR count). The lowest BCUT2D eigenvalue weighted by atomic mass is 10.1. The Morgan fingerprint density at radius 2 is 2.20 bits per heavy atom. The number of hydrogen-bond donors (Lipinski definition) is 1. The van der Waals surface area contributed by atoms with Gasteiger partial charge in [0.15, 0.2) is 5.78 Å². The van der Waals surface area contributed by atoms with Gasteiger partial charge in [-0.25, -0.2) is 0 Å². The molecule has 0 aromatic heterocycles. The molecule has 1 unspecified atom stereocenters. The summed E-state index contributed by atoms with van der Waals surface area (Å²) in [4.78, 5) is 12.8. The SMILES string of the molecule is COc1ccc(SC)cc1C(=O)C(C)N. The van der Waals surface area contributed by atoms with Gasteiger partial charge in [-0.05, 0) is 31.4 Å². The second kappa shape index (κ2) is 5.19. The lowest BCUT2D eigenvalue weighted by Gasteiger charge is -2.10. The molecule has 0 bridgehead atoms. The summed E-state index contributed by atoms with van der Waals surface area (Å²) in [5.74, 6) is 0.484. The zero-order chi connectivity index (χ0) is 11.4. The highest BCUT2D eigenvalue weighted by molar-refractivity contribution is 7.98. The van der Waals surface area contributed by atoms with Gasteiger partial charge >= 0.3 is 0 Å². The third-order valence-electron chi connectivity index (χ3n) is 2.09. The van der Waals surface area contributed by atoms with Gasteiger partial charge in [-0.1, -0.05) is 0 Å². The minimum absolute atomic E-state index is 0.0947. The maximum atomic E-state index is 11.8. The zero-order valence-corrected chi connectivity index (χ0v) is 9.93. The van der Waals surface area contributed by atoms with Gasteiger partial charge in [-0.3, -0.25) is 4.79 Å². The van der Waals surface area contributed by atoms with Crippen LogP contribution in [0.5, 0.6) is 5.75 Å². The lowest BCUT2D eigenvalue weighted by molar-refractivity contribution is 0.0964. The van der Waals surface area contributed by atoms with Crippen LogP contribution in [0.25, 0.3) is 0 Å². The summed E-state index contributed by atoms with van der Waals surface area (Å²) in [6.07, 6.45) is 1.96. The van der Waals surface area contributed by atoms with Crippen molar-refractivity contribution >= 4 is 17.5 Å². The first kappa shape index (κ1) is 12.1. The average molecular weight is 225 g/mol. The first-order chi connectivity index (χ1) is 7.10. The Bertz CT molecular complexity index is 364. The smallest absolute Gasteiger partial charge is 0.182 e. The van der Waals surface area contributed by atoms with E-state index < -0.39 is 6.04 Å². The molecule has 15 heavy (non-hydrogen) atoms. The monoisotopic (exact) mass is 225 g/mol. The highest BCUT2D eigenvalue weighted by Gasteiger charge is 2.16. The van der Waals surface area contributed by atoms with Crippen LogP contribution in [0.3, 0.4) is 0 Å². The fraction of sp³-hybridized carbons (Fsp3) is 0.364. The van der Waals surface area contributed by atoms with Gasteiger partial charge in [0.1, 0.15) is 5.75 Å². The number of nitrogens with two attached hydrogens (primary N) is 1. The third-order valence-corrected chi connectivity index (χ3v) is 2.81. The molecule has 0 radical (unpaired) electrons. The molecule has 0 fully saturated rings. The number of thioether (sulfide) groups is 1. The number of carbonyl (C=O) groups excluding carboxylic acids is 1. The maximum absolute atomic E-state index is 11.8. The zero-order valence-electron chi connectivity index (χ0n) is 9.11. The van der Waals surface area contributed by atoms with Gasteiger partial charge in [0.2, 0.25) is 0 Å². The Kier molecular flexibility index (Phi) is 4.17. The minimum atomic E-state index is -0.504. The number of Topliss-reactive ketones (excluding diaryl/α,β-unsaturated/α-hetero) is 1. The van der Waals surface area contributed by atoms with Crippen molar-refractivity contribution in [2.75, 3.05) is 13.4 Å². The normalized spacial score (nSPS) is 12.3. The third kappa shape index (κ3) is 2.73. The summed E-state index contributed by atoms with van der Waals surface area (Å²) in [6, 6.07) is 5.02. The minimum Gasteiger partial charge on any atom is -0.496 e. The summed E-state index contributed by atoms with van der Waals surface area (Å²) in [6.45, 7) is 1.67. The van der Waals surface area contributed by atoms with Crippen LogP contribution in [-0.2, 0) is 0 Å². The fourth-order valence-electron chi connectivity index (χ4n) is 1.25. The molecule has 1 aromatic carbocycles. The van der Waals surface area contributed by atoms with Crippen LogP contribution in [0, 0.1) is 0 Å². The Morgan fingerprint density at radius 1 is 1.53 bits per heavy atom. The number of ketones is 1. The Morgan fingerprint density at radius 3 is 2.67 bits per heavy atom. The quantitative estimate of drug-likeness (QED) is 0.628. The van der Waals surface area contributed by atoms with Gasteiger partial charge in [-0.15, -0.1) is 11.8 Å². The second-order valence-corrected chi connectivity index (χ2v) is 4.10. The molecule has 4 heteroatoms. The topological polar surface area (TPSA) is 52.3 Å². The van der Waals surface area contributed by atoms with Crippen LogP contribution in [0.1, 0.15) is 17.3 Å². The molecule has 0 aliphatic carbocycles. The second-order valence-electron chi connectivity index (χ2n) is 3.22. The van der Waals surface area contributed by atoms with Crippen LogP contribution in [0.4, 0.5) is 0 Å². The molecule has 0 aliphatic rings. The van der Waals surface area contributed by atoms with Crippen molar-refractivity contribution in [1.29, 1.82) is 0 Å². The number of rotatable bonds is 4. The van der Waals surface area contributed by atoms with E-state index in [-0.39, 0.29) is 5.78 Å². The van der Waals surface area contributed by atoms with Crippen molar-refractivity contribution < 1.29 is 9.53 Å². The van der Waals surface area contributed by atoms with E-state index in [9.17, 15) is 4.79 Å². The van der Waals surface area contributed by atoms with E-state index in [1.807, 2.05) is 18.4 Å². The number of benzene rings is 1. The first-order valence-electron chi connectivity index (χ1n) is 4.62. The van der Waals surface area contributed by atoms with Crippen LogP contribution < -0.4 is 10.5 Å². The number of methoxy groups -OCH3 is 1. The molecule has 0 aliphatic heterocycles. The molecule has 0 spiro atoms. The van der Waals surface area contributed by atoms with E-state index in [4.69, 9.17) is 10.5 Å². The Balaban J connectivity index is 3.17. The summed E-state index contributed by atoms with van der Waals surface area (Å²) in [7, 11) is 1.55. The molecule has 0 saturated carbocycles. The van der Waals surface area contributed by atoms with E-state index in [2.05, 4.69) is 0 Å². The predicted molar refractivity (Wildman–Crippen MR) is 62.8 cm³/mol. The molecule has 0 heterocycles. The van der Waals surface area contributed by atoms with Crippen LogP contribution in [-0.4, -0.2) is 25.2 Å². The van der Waals surface area contributed by atoms with Gasteiger partial charge < -0.3 is 10.5 Å². The molecule has 1 aromatic rings. The molecule has 1 atom stereocenters. The van der Waals surface area contributed by atoms with Gasteiger partial charge in [0.05, 0.1) is 18.7 Å². The van der Waals surface area contributed by atoms with Crippen LogP contribution in [0.15, 0.2) is 23.1 Å². The summed E-state index contributed by atoms with van der Waals surface area (Å²) in [5.41, 5.74) is 6.13. The average Bonchev–Trinajstić information content (AvgIpc) is 2.27. The van der Waals surface area contributed by atoms with Crippen molar-refractivity contribution in [2.24, 2.45) is 5.73 Å². The summed E-state index contributed by atoms with van der Waals surface area (Å²) < 4.78 is 5.13. The number of hydrogen-bond acceptors (Lipinski definition) is 4. The van der Waals surface area contributed by atoms with Crippen molar-refractivity contribution in [1.82, 2.24) is 0 Å². The fourth-order valence-corrected chi connectivity index (χ4v) is 1.69. The number of carbonyl (C=O) groups is 1. The van der Waals surface area contributed by atoms with E-state index >= 15 is 0 Å². The van der Waals surface area contributed by atoms with Gasteiger partial charge in [-0.2, -0.15) is 0 Å². The van der Waals surface area contributed by atoms with E-state index in [0.29, 0.717) is 11.3 Å². The first-order valence-corrected chi connectivity index (χ1v) is 5.84. The largest absolute Gasteiger partial charge is 0.496 e. The maximum Gasteiger partial charge on any atom is 0.182 e. The molecule has 3 nitrogen and oxygen atoms in total. The van der Waals surface area contributed by atoms with Crippen LogP contribution in [0.2, 0.25) is 0 Å². The molecule has 82 valence electrons. The highest BCUT2D eigenvalue weighted by atomic mass is 32.2. The lowest BCUT2D eigenvalue weighted by Crippen LogP contribution is -2.27. The van der Waals surface area contributed by atoms with Crippen molar-refractivity contribution in [3.63, 3.8) is 0 Å². The summed E-state index contributed by atoms with van der Waals surface area (Å²) in [5, 5.41) is 0. The molecule has 0 amide bonds. The summed E-state index contributed by atoms with van der Waals surface area (Å²) >= 11 is 1.58. The standard InChI is InChI=1S/C11H15NO2S/c1-7(12)11(13)9-6-8(15-3)4-5-10(9)14-2/h4-7H,12H2,1-3H3. The molecular formula is C11H15NO2S. The van der Waals surface area contributed by atoms with Crippen molar-refractivity contribution in [3.8, 4) is 5.75 Å². The van der Waals surface area contributed by atoms with E-state index in [1.54, 1.807) is 31.9 Å². The number of ether oxygens (including phenoxy) is 1.